The molecule has 0 bridgehead atoms. The van der Waals surface area contributed by atoms with Crippen molar-refractivity contribution in [2.75, 3.05) is 14.2 Å². The Kier molecular flexibility index (Phi) is 3.89. The number of rotatable bonds is 4. The maximum atomic E-state index is 5.13. The summed E-state index contributed by atoms with van der Waals surface area (Å²) in [6, 6.07) is 10.3. The van der Waals surface area contributed by atoms with Gasteiger partial charge in [0.15, 0.2) is 0 Å². The van der Waals surface area contributed by atoms with E-state index in [-0.39, 0.29) is 6.04 Å². The highest BCUT2D eigenvalue weighted by Crippen LogP contribution is 2.22. The Balaban J connectivity index is 2.35. The zero-order valence-corrected chi connectivity index (χ0v) is 10.8. The van der Waals surface area contributed by atoms with Crippen molar-refractivity contribution >= 4 is 0 Å². The Labute approximate surface area is 107 Å². The molecule has 0 saturated heterocycles. The minimum Gasteiger partial charge on any atom is -0.481 e. The first-order valence-electron chi connectivity index (χ1n) is 5.84. The Morgan fingerprint density at radius 1 is 1.17 bits per heavy atom. The summed E-state index contributed by atoms with van der Waals surface area (Å²) in [6.07, 6.45) is 1.52. The number of hydrogen-bond donors (Lipinski definition) is 1. The molecule has 1 aromatic carbocycles. The number of aromatic nitrogens is 2. The van der Waals surface area contributed by atoms with Crippen molar-refractivity contribution in [3.05, 3.63) is 53.5 Å². The molecule has 2 aromatic rings. The highest BCUT2D eigenvalue weighted by Gasteiger charge is 2.14. The second kappa shape index (κ2) is 5.60. The molecule has 1 aromatic heterocycles. The third-order valence-electron chi connectivity index (χ3n) is 2.87. The van der Waals surface area contributed by atoms with Gasteiger partial charge in [0, 0.05) is 6.07 Å². The van der Waals surface area contributed by atoms with Crippen molar-refractivity contribution in [1.82, 2.24) is 15.3 Å². The van der Waals surface area contributed by atoms with Crippen LogP contribution in [0, 0.1) is 6.92 Å². The first-order chi connectivity index (χ1) is 8.74. The van der Waals surface area contributed by atoms with Crippen LogP contribution in [0.2, 0.25) is 0 Å². The van der Waals surface area contributed by atoms with E-state index in [9.17, 15) is 0 Å². The SMILES string of the molecule is CNC(c1ccc(C)cc1)c1cc(OC)ncn1. The number of ether oxygens (including phenoxy) is 1. The van der Waals surface area contributed by atoms with Crippen molar-refractivity contribution in [3.63, 3.8) is 0 Å². The number of methoxy groups -OCH3 is 1. The van der Waals surface area contributed by atoms with Crippen LogP contribution >= 0.6 is 0 Å². The summed E-state index contributed by atoms with van der Waals surface area (Å²) in [4.78, 5) is 8.32. The zero-order valence-electron chi connectivity index (χ0n) is 10.8. The van der Waals surface area contributed by atoms with E-state index in [2.05, 4.69) is 46.5 Å². The predicted octanol–water partition coefficient (Wildman–Crippen LogP) is 2.10. The molecule has 94 valence electrons. The van der Waals surface area contributed by atoms with E-state index in [4.69, 9.17) is 4.74 Å². The fraction of sp³-hybridized carbons (Fsp3) is 0.286. The molecule has 18 heavy (non-hydrogen) atoms. The van der Waals surface area contributed by atoms with Gasteiger partial charge in [0.1, 0.15) is 6.33 Å². The molecule has 2 rings (SSSR count). The van der Waals surface area contributed by atoms with E-state index in [0.717, 1.165) is 5.69 Å². The van der Waals surface area contributed by atoms with Crippen LogP contribution in [0.1, 0.15) is 22.9 Å². The molecule has 1 N–H and O–H groups in total. The number of nitrogens with one attached hydrogen (secondary N) is 1. The molecule has 1 heterocycles. The van der Waals surface area contributed by atoms with Crippen LogP contribution in [-0.4, -0.2) is 24.1 Å². The summed E-state index contributed by atoms with van der Waals surface area (Å²) in [5.74, 6) is 0.576. The van der Waals surface area contributed by atoms with E-state index < -0.39 is 0 Å². The lowest BCUT2D eigenvalue weighted by atomic mass is 10.0. The summed E-state index contributed by atoms with van der Waals surface area (Å²) >= 11 is 0. The standard InChI is InChI=1S/C14H17N3O/c1-10-4-6-11(7-5-10)14(15-2)12-8-13(18-3)17-9-16-12/h4-9,14-15H,1-3H3. The van der Waals surface area contributed by atoms with Gasteiger partial charge >= 0.3 is 0 Å². The van der Waals surface area contributed by atoms with E-state index in [1.165, 1.54) is 17.5 Å². The Bertz CT molecular complexity index is 511. The van der Waals surface area contributed by atoms with Crippen molar-refractivity contribution in [2.24, 2.45) is 0 Å². The van der Waals surface area contributed by atoms with Crippen molar-refractivity contribution < 1.29 is 4.74 Å². The van der Waals surface area contributed by atoms with Crippen LogP contribution in [0.3, 0.4) is 0 Å². The molecule has 4 heteroatoms. The van der Waals surface area contributed by atoms with Crippen molar-refractivity contribution in [3.8, 4) is 5.88 Å². The molecule has 0 radical (unpaired) electrons. The van der Waals surface area contributed by atoms with E-state index in [1.807, 2.05) is 13.1 Å². The topological polar surface area (TPSA) is 47.0 Å². The Morgan fingerprint density at radius 3 is 2.50 bits per heavy atom. The largest absolute Gasteiger partial charge is 0.481 e. The number of nitrogens with zero attached hydrogens (tertiary/aromatic N) is 2. The molecule has 0 aliphatic rings. The smallest absolute Gasteiger partial charge is 0.216 e. The van der Waals surface area contributed by atoms with Gasteiger partial charge in [0.25, 0.3) is 0 Å². The molecule has 0 aliphatic carbocycles. The van der Waals surface area contributed by atoms with Crippen molar-refractivity contribution in [2.45, 2.75) is 13.0 Å². The van der Waals surface area contributed by atoms with Gasteiger partial charge in [-0.05, 0) is 19.5 Å². The number of hydrogen-bond acceptors (Lipinski definition) is 4. The van der Waals surface area contributed by atoms with Crippen LogP contribution in [-0.2, 0) is 0 Å². The van der Waals surface area contributed by atoms with Gasteiger partial charge in [-0.1, -0.05) is 29.8 Å². The van der Waals surface area contributed by atoms with Crippen molar-refractivity contribution in [1.29, 1.82) is 0 Å². The first-order valence-corrected chi connectivity index (χ1v) is 5.84. The lowest BCUT2D eigenvalue weighted by molar-refractivity contribution is 0.395. The number of benzene rings is 1. The number of aryl methyl sites for hydroxylation is 1. The first kappa shape index (κ1) is 12.5. The molecule has 0 fully saturated rings. The third-order valence-corrected chi connectivity index (χ3v) is 2.87. The second-order valence-corrected chi connectivity index (χ2v) is 4.12. The average molecular weight is 243 g/mol. The molecular formula is C14H17N3O. The van der Waals surface area contributed by atoms with Gasteiger partial charge in [-0.15, -0.1) is 0 Å². The summed E-state index contributed by atoms with van der Waals surface area (Å²) < 4.78 is 5.13. The van der Waals surface area contributed by atoms with E-state index in [0.29, 0.717) is 5.88 Å². The molecule has 0 saturated carbocycles. The molecule has 0 aliphatic heterocycles. The second-order valence-electron chi connectivity index (χ2n) is 4.12. The summed E-state index contributed by atoms with van der Waals surface area (Å²) in [5, 5.41) is 3.26. The van der Waals surface area contributed by atoms with E-state index in [1.54, 1.807) is 7.11 Å². The summed E-state index contributed by atoms with van der Waals surface area (Å²) in [5.41, 5.74) is 3.31. The summed E-state index contributed by atoms with van der Waals surface area (Å²) in [7, 11) is 3.52. The van der Waals surface area contributed by atoms with Gasteiger partial charge < -0.3 is 10.1 Å². The average Bonchev–Trinajstić information content (AvgIpc) is 2.42. The van der Waals surface area contributed by atoms with E-state index >= 15 is 0 Å². The normalized spacial score (nSPS) is 12.2. The zero-order chi connectivity index (χ0) is 13.0. The fourth-order valence-electron chi connectivity index (χ4n) is 1.87. The maximum absolute atomic E-state index is 5.13. The predicted molar refractivity (Wildman–Crippen MR) is 70.7 cm³/mol. The minimum absolute atomic E-state index is 0.0440. The summed E-state index contributed by atoms with van der Waals surface area (Å²) in [6.45, 7) is 2.08. The molecule has 4 nitrogen and oxygen atoms in total. The molecule has 0 spiro atoms. The molecule has 0 amide bonds. The van der Waals surface area contributed by atoms with Gasteiger partial charge in [0.2, 0.25) is 5.88 Å². The van der Waals surface area contributed by atoms with Gasteiger partial charge in [-0.2, -0.15) is 0 Å². The molecule has 1 unspecified atom stereocenters. The lowest BCUT2D eigenvalue weighted by Gasteiger charge is -2.16. The lowest BCUT2D eigenvalue weighted by Crippen LogP contribution is -2.19. The highest BCUT2D eigenvalue weighted by atomic mass is 16.5. The highest BCUT2D eigenvalue weighted by molar-refractivity contribution is 5.31. The molecular weight excluding hydrogens is 226 g/mol. The third kappa shape index (κ3) is 2.65. The monoisotopic (exact) mass is 243 g/mol. The van der Waals surface area contributed by atoms with Crippen LogP contribution < -0.4 is 10.1 Å². The van der Waals surface area contributed by atoms with Gasteiger partial charge in [-0.3, -0.25) is 0 Å². The fourth-order valence-corrected chi connectivity index (χ4v) is 1.87. The van der Waals surface area contributed by atoms with Crippen LogP contribution in [0.5, 0.6) is 5.88 Å². The molecule has 1 atom stereocenters. The van der Waals surface area contributed by atoms with Crippen LogP contribution in [0.25, 0.3) is 0 Å². The van der Waals surface area contributed by atoms with Crippen LogP contribution in [0.15, 0.2) is 36.7 Å². The minimum atomic E-state index is 0.0440. The Morgan fingerprint density at radius 2 is 1.89 bits per heavy atom. The van der Waals surface area contributed by atoms with Gasteiger partial charge in [-0.25, -0.2) is 9.97 Å². The Hall–Kier alpha value is -1.94. The quantitative estimate of drug-likeness (QED) is 0.893. The maximum Gasteiger partial charge on any atom is 0.216 e. The van der Waals surface area contributed by atoms with Gasteiger partial charge in [0.05, 0.1) is 18.8 Å². The van der Waals surface area contributed by atoms with Crippen LogP contribution in [0.4, 0.5) is 0 Å².